The second kappa shape index (κ2) is 7.78. The minimum Gasteiger partial charge on any atom is -0.466 e. The van der Waals surface area contributed by atoms with Gasteiger partial charge in [0.15, 0.2) is 5.78 Å². The maximum absolute atomic E-state index is 12.1. The quantitative estimate of drug-likeness (QED) is 0.476. The highest BCUT2D eigenvalue weighted by atomic mass is 16.5. The first-order valence-electron chi connectivity index (χ1n) is 7.80. The summed E-state index contributed by atoms with van der Waals surface area (Å²) in [6.07, 6.45) is 5.00. The third-order valence-electron chi connectivity index (χ3n) is 3.92. The molecule has 0 N–H and O–H groups in total. The first kappa shape index (κ1) is 16.3. The molecule has 0 aromatic heterocycles. The van der Waals surface area contributed by atoms with Crippen molar-refractivity contribution in [1.29, 1.82) is 0 Å². The van der Waals surface area contributed by atoms with Crippen molar-refractivity contribution in [2.24, 2.45) is 5.92 Å². The Morgan fingerprint density at radius 1 is 1.23 bits per heavy atom. The smallest absolute Gasteiger partial charge is 0.309 e. The Kier molecular flexibility index (Phi) is 5.75. The van der Waals surface area contributed by atoms with E-state index in [4.69, 9.17) is 4.74 Å². The number of ketones is 1. The predicted octanol–water partition coefficient (Wildman–Crippen LogP) is 2.97. The second-order valence-electron chi connectivity index (χ2n) is 5.61. The van der Waals surface area contributed by atoms with Crippen molar-refractivity contribution in [2.45, 2.75) is 26.7 Å². The van der Waals surface area contributed by atoms with Crippen molar-refractivity contribution in [1.82, 2.24) is 4.90 Å². The number of benzene rings is 1. The van der Waals surface area contributed by atoms with Gasteiger partial charge in [-0.2, -0.15) is 0 Å². The number of hydrogen-bond donors (Lipinski definition) is 0. The van der Waals surface area contributed by atoms with E-state index in [9.17, 15) is 9.59 Å². The van der Waals surface area contributed by atoms with E-state index in [-0.39, 0.29) is 17.7 Å². The lowest BCUT2D eigenvalue weighted by Gasteiger charge is -2.29. The topological polar surface area (TPSA) is 46.6 Å². The molecule has 0 bridgehead atoms. The molecule has 1 saturated heterocycles. The van der Waals surface area contributed by atoms with Crippen molar-refractivity contribution in [3.05, 3.63) is 47.7 Å². The van der Waals surface area contributed by atoms with E-state index in [2.05, 4.69) is 4.90 Å². The monoisotopic (exact) mass is 301 g/mol. The standard InChI is InChI=1S/C18H23NO3/c1-3-22-18(21)16-8-11-19(12-9-16)13-10-17(20)15-6-4-14(2)5-7-15/h4-7,10,13,16H,3,8-9,11-12H2,1-2H3/b13-10+. The van der Waals surface area contributed by atoms with Crippen LogP contribution in [0.2, 0.25) is 0 Å². The van der Waals surface area contributed by atoms with Crippen LogP contribution in [0.4, 0.5) is 0 Å². The molecule has 0 radical (unpaired) electrons. The molecular weight excluding hydrogens is 278 g/mol. The van der Waals surface area contributed by atoms with Crippen molar-refractivity contribution >= 4 is 11.8 Å². The summed E-state index contributed by atoms with van der Waals surface area (Å²) in [5.74, 6) is -0.0909. The highest BCUT2D eigenvalue weighted by Crippen LogP contribution is 2.19. The van der Waals surface area contributed by atoms with Crippen molar-refractivity contribution in [3.63, 3.8) is 0 Å². The maximum Gasteiger partial charge on any atom is 0.309 e. The van der Waals surface area contributed by atoms with Crippen molar-refractivity contribution in [2.75, 3.05) is 19.7 Å². The van der Waals surface area contributed by atoms with Crippen molar-refractivity contribution in [3.8, 4) is 0 Å². The van der Waals surface area contributed by atoms with E-state index in [1.165, 1.54) is 0 Å². The number of hydrogen-bond acceptors (Lipinski definition) is 4. The molecule has 0 spiro atoms. The van der Waals surface area contributed by atoms with Crippen LogP contribution in [-0.4, -0.2) is 36.3 Å². The minimum absolute atomic E-state index is 0.00241. The number of esters is 1. The number of piperidine rings is 1. The molecule has 22 heavy (non-hydrogen) atoms. The largest absolute Gasteiger partial charge is 0.466 e. The summed E-state index contributed by atoms with van der Waals surface area (Å²) in [6, 6.07) is 7.56. The Labute approximate surface area is 131 Å². The lowest BCUT2D eigenvalue weighted by Crippen LogP contribution is -2.34. The summed E-state index contributed by atoms with van der Waals surface area (Å²) in [6.45, 7) is 5.82. The predicted molar refractivity (Wildman–Crippen MR) is 85.6 cm³/mol. The Morgan fingerprint density at radius 3 is 2.45 bits per heavy atom. The Bertz CT molecular complexity index is 540. The summed E-state index contributed by atoms with van der Waals surface area (Å²) < 4.78 is 5.05. The highest BCUT2D eigenvalue weighted by molar-refractivity contribution is 6.04. The van der Waals surface area contributed by atoms with Crippen LogP contribution in [-0.2, 0) is 9.53 Å². The van der Waals surface area contributed by atoms with Gasteiger partial charge in [0.05, 0.1) is 12.5 Å². The van der Waals surface area contributed by atoms with Gasteiger partial charge in [-0.3, -0.25) is 9.59 Å². The third-order valence-corrected chi connectivity index (χ3v) is 3.92. The Balaban J connectivity index is 1.83. The molecular formula is C18H23NO3. The molecule has 0 atom stereocenters. The molecule has 1 fully saturated rings. The third kappa shape index (κ3) is 4.45. The number of aryl methyl sites for hydroxylation is 1. The summed E-state index contributed by atoms with van der Waals surface area (Å²) >= 11 is 0. The fourth-order valence-corrected chi connectivity index (χ4v) is 2.53. The van der Waals surface area contributed by atoms with Gasteiger partial charge in [0.25, 0.3) is 0 Å². The number of likely N-dealkylation sites (tertiary alicyclic amines) is 1. The number of nitrogens with zero attached hydrogens (tertiary/aromatic N) is 1. The van der Waals surface area contributed by atoms with E-state index in [1.54, 1.807) is 6.08 Å². The molecule has 1 aliphatic heterocycles. The zero-order valence-electron chi connectivity index (χ0n) is 13.2. The fraction of sp³-hybridized carbons (Fsp3) is 0.444. The van der Waals surface area contributed by atoms with Gasteiger partial charge in [-0.15, -0.1) is 0 Å². The van der Waals surface area contributed by atoms with E-state index in [0.717, 1.165) is 31.5 Å². The van der Waals surface area contributed by atoms with Gasteiger partial charge in [0, 0.05) is 30.9 Å². The molecule has 4 nitrogen and oxygen atoms in total. The normalized spacial score (nSPS) is 16.0. The van der Waals surface area contributed by atoms with E-state index < -0.39 is 0 Å². The maximum atomic E-state index is 12.1. The molecule has 1 aromatic rings. The molecule has 1 aromatic carbocycles. The van der Waals surface area contributed by atoms with Crippen LogP contribution < -0.4 is 0 Å². The van der Waals surface area contributed by atoms with Gasteiger partial charge in [0.2, 0.25) is 0 Å². The summed E-state index contributed by atoms with van der Waals surface area (Å²) in [5.41, 5.74) is 1.84. The van der Waals surface area contributed by atoms with Crippen molar-refractivity contribution < 1.29 is 14.3 Å². The van der Waals surface area contributed by atoms with Gasteiger partial charge in [0.1, 0.15) is 0 Å². The molecule has 0 aliphatic carbocycles. The van der Waals surface area contributed by atoms with Crippen LogP contribution in [0.5, 0.6) is 0 Å². The SMILES string of the molecule is CCOC(=O)C1CCN(/C=C/C(=O)c2ccc(C)cc2)CC1. The highest BCUT2D eigenvalue weighted by Gasteiger charge is 2.24. The molecule has 118 valence electrons. The molecule has 1 heterocycles. The number of allylic oxidation sites excluding steroid dienone is 1. The molecule has 0 unspecified atom stereocenters. The van der Waals surface area contributed by atoms with Crippen LogP contribution in [0.1, 0.15) is 35.7 Å². The summed E-state index contributed by atoms with van der Waals surface area (Å²) in [4.78, 5) is 25.8. The number of rotatable bonds is 5. The van der Waals surface area contributed by atoms with E-state index >= 15 is 0 Å². The Morgan fingerprint density at radius 2 is 1.86 bits per heavy atom. The van der Waals surface area contributed by atoms with Crippen LogP contribution in [0.3, 0.4) is 0 Å². The van der Waals surface area contributed by atoms with Gasteiger partial charge in [-0.25, -0.2) is 0 Å². The zero-order valence-corrected chi connectivity index (χ0v) is 13.2. The Hall–Kier alpha value is -2.10. The average Bonchev–Trinajstić information content (AvgIpc) is 2.54. The summed E-state index contributed by atoms with van der Waals surface area (Å²) in [5, 5.41) is 0. The first-order valence-corrected chi connectivity index (χ1v) is 7.80. The van der Waals surface area contributed by atoms with Crippen LogP contribution in [0.25, 0.3) is 0 Å². The second-order valence-corrected chi connectivity index (χ2v) is 5.61. The number of carbonyl (C=O) groups excluding carboxylic acids is 2. The lowest BCUT2D eigenvalue weighted by atomic mass is 9.97. The zero-order chi connectivity index (χ0) is 15.9. The van der Waals surface area contributed by atoms with Gasteiger partial charge >= 0.3 is 5.97 Å². The summed E-state index contributed by atoms with van der Waals surface area (Å²) in [7, 11) is 0. The fourth-order valence-electron chi connectivity index (χ4n) is 2.53. The van der Waals surface area contributed by atoms with Gasteiger partial charge in [-0.1, -0.05) is 29.8 Å². The molecule has 2 rings (SSSR count). The van der Waals surface area contributed by atoms with E-state index in [0.29, 0.717) is 12.2 Å². The van der Waals surface area contributed by atoms with Crippen LogP contribution in [0, 0.1) is 12.8 Å². The number of carbonyl (C=O) groups is 2. The van der Waals surface area contributed by atoms with Gasteiger partial charge in [-0.05, 0) is 26.7 Å². The lowest BCUT2D eigenvalue weighted by molar-refractivity contribution is -0.149. The van der Waals surface area contributed by atoms with E-state index in [1.807, 2.05) is 44.3 Å². The first-order chi connectivity index (χ1) is 10.6. The molecule has 4 heteroatoms. The van der Waals surface area contributed by atoms with Crippen LogP contribution in [0.15, 0.2) is 36.5 Å². The average molecular weight is 301 g/mol. The van der Waals surface area contributed by atoms with Crippen LogP contribution >= 0.6 is 0 Å². The minimum atomic E-state index is -0.0955. The molecule has 1 aliphatic rings. The molecule has 0 amide bonds. The number of ether oxygens (including phenoxy) is 1. The van der Waals surface area contributed by atoms with Gasteiger partial charge < -0.3 is 9.64 Å². The molecule has 0 saturated carbocycles.